The maximum Gasteiger partial charge on any atom is 0.269 e. The highest BCUT2D eigenvalue weighted by atomic mass is 79.9. The van der Waals surface area contributed by atoms with E-state index in [1.54, 1.807) is 0 Å². The van der Waals surface area contributed by atoms with Crippen molar-refractivity contribution in [1.82, 2.24) is 0 Å². The van der Waals surface area contributed by atoms with Gasteiger partial charge in [-0.2, -0.15) is 0 Å². The van der Waals surface area contributed by atoms with Crippen molar-refractivity contribution in [2.45, 2.75) is 18.2 Å². The minimum Gasteiger partial charge on any atom is -0.263 e. The Morgan fingerprint density at radius 1 is 2.00 bits per heavy atom. The predicted molar refractivity (Wildman–Crippen MR) is 30.0 cm³/mol. The maximum absolute atomic E-state index is 10.0. The number of hydrogen-bond donors (Lipinski definition) is 0. The molecule has 3 nitrogen and oxygen atoms in total. The van der Waals surface area contributed by atoms with E-state index in [0.29, 0.717) is 0 Å². The zero-order valence-electron chi connectivity index (χ0n) is 5.56. The molecule has 4 heteroatoms. The van der Waals surface area contributed by atoms with Gasteiger partial charge in [0, 0.05) is 21.5 Å². The molecule has 0 aliphatic rings. The van der Waals surface area contributed by atoms with Crippen molar-refractivity contribution in [3.05, 3.63) is 10.1 Å². The zero-order valence-corrected chi connectivity index (χ0v) is 5.14. The molecule has 0 unspecified atom stereocenters. The van der Waals surface area contributed by atoms with Crippen LogP contribution in [0.4, 0.5) is 0 Å². The molecule has 0 rings (SSSR count). The second kappa shape index (κ2) is 1.78. The van der Waals surface area contributed by atoms with E-state index in [-0.39, 0.29) is 0 Å². The van der Waals surface area contributed by atoms with Gasteiger partial charge in [-0.25, -0.2) is 0 Å². The van der Waals surface area contributed by atoms with Crippen LogP contribution < -0.4 is 0 Å². The molecule has 0 aromatic carbocycles. The van der Waals surface area contributed by atoms with Gasteiger partial charge >= 0.3 is 0 Å². The van der Waals surface area contributed by atoms with Gasteiger partial charge in [-0.3, -0.25) is 10.1 Å². The Morgan fingerprint density at radius 2 is 2.43 bits per heavy atom. The third-order valence-corrected chi connectivity index (χ3v) is 0.617. The molecule has 0 bridgehead atoms. The van der Waals surface area contributed by atoms with Gasteiger partial charge in [0.25, 0.3) is 4.45 Å². The number of rotatable bonds is 1. The summed E-state index contributed by atoms with van der Waals surface area (Å²) in [4.78, 5) is 9.34. The molecule has 42 valence electrons. The lowest BCUT2D eigenvalue weighted by Gasteiger charge is -2.03. The smallest absolute Gasteiger partial charge is 0.263 e. The fraction of sp³-hybridized carbons (Fsp3) is 1.00. The number of halogens is 1. The Morgan fingerprint density at radius 3 is 2.43 bits per heavy atom. The van der Waals surface area contributed by atoms with Gasteiger partial charge in [0.2, 0.25) is 0 Å². The minimum atomic E-state index is -1.55. The van der Waals surface area contributed by atoms with Crippen molar-refractivity contribution in [2.24, 2.45) is 0 Å². The first-order chi connectivity index (χ1) is 4.06. The molecule has 0 saturated carbocycles. The molecule has 0 saturated heterocycles. The van der Waals surface area contributed by atoms with Gasteiger partial charge in [0.1, 0.15) is 0 Å². The monoisotopic (exact) mass is 169 g/mol. The number of nitro groups is 1. The summed E-state index contributed by atoms with van der Waals surface area (Å²) in [5, 5.41) is 10.0. The highest BCUT2D eigenvalue weighted by Gasteiger charge is 2.24. The molecule has 0 aromatic heterocycles. The van der Waals surface area contributed by atoms with Crippen LogP contribution in [-0.4, -0.2) is 9.37 Å². The molecule has 0 aromatic rings. The molecule has 0 spiro atoms. The summed E-state index contributed by atoms with van der Waals surface area (Å²) in [7, 11) is 0. The number of nitrogens with zero attached hydrogens (tertiary/aromatic N) is 1. The van der Waals surface area contributed by atoms with Gasteiger partial charge in [0.05, 0.1) is 0 Å². The van der Waals surface area contributed by atoms with Crippen LogP contribution in [0.5, 0.6) is 0 Å². The summed E-state index contributed by atoms with van der Waals surface area (Å²) in [5.74, 6) is 0. The maximum atomic E-state index is 10.0. The molecular formula is C3H6BrNO2. The Kier molecular flexibility index (Phi) is 0.972. The van der Waals surface area contributed by atoms with Crippen LogP contribution in [0.15, 0.2) is 0 Å². The molecule has 0 atom stereocenters. The lowest BCUT2D eigenvalue weighted by molar-refractivity contribution is -0.526. The minimum absolute atomic E-state index is 0.413. The second-order valence-electron chi connectivity index (χ2n) is 1.18. The summed E-state index contributed by atoms with van der Waals surface area (Å²) < 4.78 is 11.8. The Balaban J connectivity index is 4.09. The average molecular weight is 170 g/mol. The fourth-order valence-electron chi connectivity index (χ4n) is 0. The van der Waals surface area contributed by atoms with Gasteiger partial charge in [-0.05, 0) is 15.9 Å². The SMILES string of the molecule is [2H]CC(Br)(C[2H])[N+](=O)[O-]. The van der Waals surface area contributed by atoms with Crippen LogP contribution >= 0.6 is 15.9 Å². The van der Waals surface area contributed by atoms with E-state index in [2.05, 4.69) is 15.9 Å². The normalized spacial score (nSPS) is 15.0. The summed E-state index contributed by atoms with van der Waals surface area (Å²) in [6, 6.07) is 0. The molecule has 0 fully saturated rings. The van der Waals surface area contributed by atoms with Crippen molar-refractivity contribution in [3.63, 3.8) is 0 Å². The molecule has 0 amide bonds. The topological polar surface area (TPSA) is 43.1 Å². The lowest BCUT2D eigenvalue weighted by Crippen LogP contribution is -2.21. The Labute approximate surface area is 52.8 Å². The summed E-state index contributed by atoms with van der Waals surface area (Å²) in [6.07, 6.45) is 0. The van der Waals surface area contributed by atoms with E-state index in [1.807, 2.05) is 0 Å². The van der Waals surface area contributed by atoms with E-state index in [0.717, 1.165) is 0 Å². The van der Waals surface area contributed by atoms with E-state index >= 15 is 0 Å². The van der Waals surface area contributed by atoms with E-state index < -0.39 is 23.2 Å². The highest BCUT2D eigenvalue weighted by molar-refractivity contribution is 9.10. The second-order valence-corrected chi connectivity index (χ2v) is 2.65. The van der Waals surface area contributed by atoms with Gasteiger partial charge < -0.3 is 0 Å². The van der Waals surface area contributed by atoms with Gasteiger partial charge in [0.15, 0.2) is 0 Å². The van der Waals surface area contributed by atoms with Crippen LogP contribution in [-0.2, 0) is 0 Å². The van der Waals surface area contributed by atoms with Crippen LogP contribution in [0, 0.1) is 10.1 Å². The zero-order chi connectivity index (χ0) is 7.49. The van der Waals surface area contributed by atoms with Crippen LogP contribution in [0.25, 0.3) is 0 Å². The van der Waals surface area contributed by atoms with Crippen molar-refractivity contribution >= 4 is 15.9 Å². The molecule has 0 aliphatic carbocycles. The quantitative estimate of drug-likeness (QED) is 0.258. The van der Waals surface area contributed by atoms with Crippen molar-refractivity contribution in [3.8, 4) is 0 Å². The van der Waals surface area contributed by atoms with Crippen molar-refractivity contribution in [2.75, 3.05) is 0 Å². The molecule has 0 radical (unpaired) electrons. The Hall–Kier alpha value is -0.120. The van der Waals surface area contributed by atoms with Crippen LogP contribution in [0.1, 0.15) is 16.5 Å². The van der Waals surface area contributed by atoms with Gasteiger partial charge in [-0.15, -0.1) is 0 Å². The van der Waals surface area contributed by atoms with Crippen LogP contribution in [0.2, 0.25) is 0 Å². The largest absolute Gasteiger partial charge is 0.269 e. The van der Waals surface area contributed by atoms with E-state index in [4.69, 9.17) is 2.74 Å². The summed E-state index contributed by atoms with van der Waals surface area (Å²) in [5.41, 5.74) is 0. The van der Waals surface area contributed by atoms with Crippen molar-refractivity contribution in [1.29, 1.82) is 0 Å². The molecule has 0 N–H and O–H groups in total. The average Bonchev–Trinajstić information content (AvgIpc) is 1.86. The predicted octanol–water partition coefficient (Wildman–Crippen LogP) is 1.39. The first kappa shape index (κ1) is 3.83. The number of hydrogen-bond acceptors (Lipinski definition) is 2. The molecule has 0 aliphatic heterocycles. The molecule has 7 heavy (non-hydrogen) atoms. The molecular weight excluding hydrogens is 162 g/mol. The third-order valence-electron chi connectivity index (χ3n) is 0.327. The van der Waals surface area contributed by atoms with E-state index in [1.165, 1.54) is 0 Å². The summed E-state index contributed by atoms with van der Waals surface area (Å²) in [6.45, 7) is -0.826. The lowest BCUT2D eigenvalue weighted by atomic mass is 10.4. The first-order valence-electron chi connectivity index (χ1n) is 2.90. The van der Waals surface area contributed by atoms with Crippen LogP contribution in [0.3, 0.4) is 0 Å². The first-order valence-corrected chi connectivity index (χ1v) is 2.28. The van der Waals surface area contributed by atoms with Gasteiger partial charge in [-0.1, -0.05) is 0 Å². The standard InChI is InChI=1S/C3H6BrNO2/c1-3(2,4)5(6)7/h1-2H3/i1D,2D. The highest BCUT2D eigenvalue weighted by Crippen LogP contribution is 2.14. The number of alkyl halides is 1. The fourth-order valence-corrected chi connectivity index (χ4v) is 0. The third kappa shape index (κ3) is 2.56. The van der Waals surface area contributed by atoms with E-state index in [9.17, 15) is 10.1 Å². The molecule has 0 heterocycles. The van der Waals surface area contributed by atoms with Crippen molar-refractivity contribution < 1.29 is 7.66 Å². The summed E-state index contributed by atoms with van der Waals surface area (Å²) >= 11 is 2.67. The Bertz CT molecular complexity index is 116.